The summed E-state index contributed by atoms with van der Waals surface area (Å²) in [4.78, 5) is 4.42. The van der Waals surface area contributed by atoms with Gasteiger partial charge >= 0.3 is 0 Å². The lowest BCUT2D eigenvalue weighted by Gasteiger charge is -2.04. The van der Waals surface area contributed by atoms with Gasteiger partial charge in [0.2, 0.25) is 0 Å². The topological polar surface area (TPSA) is 30.2 Å². The molecule has 0 saturated heterocycles. The Hall–Kier alpha value is -1.09. The average molecular weight is 210 g/mol. The number of imidazole rings is 1. The molecule has 2 aromatic rings. The van der Waals surface area contributed by atoms with Crippen LogP contribution in [0.2, 0.25) is 5.15 Å². The molecule has 2 rings (SSSR count). The van der Waals surface area contributed by atoms with Crippen LogP contribution in [-0.4, -0.2) is 14.6 Å². The molecule has 2 heterocycles. The highest BCUT2D eigenvalue weighted by atomic mass is 35.5. The largest absolute Gasteiger partial charge is 0.232 e. The lowest BCUT2D eigenvalue weighted by Crippen LogP contribution is -2.00. The van der Waals surface area contributed by atoms with Gasteiger partial charge in [0.1, 0.15) is 5.15 Å². The Kier molecular flexibility index (Phi) is 2.19. The van der Waals surface area contributed by atoms with Crippen LogP contribution < -0.4 is 0 Å². The molecule has 0 aliphatic carbocycles. The zero-order valence-corrected chi connectivity index (χ0v) is 9.21. The molecule has 0 aliphatic rings. The molecule has 0 atom stereocenters. The van der Waals surface area contributed by atoms with Crippen molar-refractivity contribution in [3.8, 4) is 0 Å². The zero-order valence-electron chi connectivity index (χ0n) is 8.45. The number of aryl methyl sites for hydroxylation is 1. The third-order valence-corrected chi connectivity index (χ3v) is 2.41. The molecule has 2 aromatic heterocycles. The predicted octanol–water partition coefficient (Wildman–Crippen LogP) is 2.81. The minimum absolute atomic E-state index is 0.399. The first-order valence-corrected chi connectivity index (χ1v) is 4.99. The minimum atomic E-state index is 0.399. The summed E-state index contributed by atoms with van der Waals surface area (Å²) in [7, 11) is 0. The SMILES string of the molecule is Cc1nc2ccc(Cl)nn2c1C(C)C. The van der Waals surface area contributed by atoms with Crippen LogP contribution >= 0.6 is 11.6 Å². The molecule has 14 heavy (non-hydrogen) atoms. The third kappa shape index (κ3) is 1.38. The van der Waals surface area contributed by atoms with Gasteiger partial charge in [-0.05, 0) is 25.0 Å². The van der Waals surface area contributed by atoms with E-state index >= 15 is 0 Å². The number of hydrogen-bond acceptors (Lipinski definition) is 2. The van der Waals surface area contributed by atoms with Crippen LogP contribution in [0.5, 0.6) is 0 Å². The Morgan fingerprint density at radius 3 is 2.71 bits per heavy atom. The maximum atomic E-state index is 5.84. The Balaban J connectivity index is 2.79. The van der Waals surface area contributed by atoms with Gasteiger partial charge in [0.25, 0.3) is 0 Å². The minimum Gasteiger partial charge on any atom is -0.232 e. The first-order chi connectivity index (χ1) is 6.59. The molecule has 0 saturated carbocycles. The molecule has 74 valence electrons. The summed E-state index contributed by atoms with van der Waals surface area (Å²) < 4.78 is 1.82. The Bertz CT molecular complexity index is 473. The fourth-order valence-corrected chi connectivity index (χ4v) is 1.84. The van der Waals surface area contributed by atoms with E-state index in [0.717, 1.165) is 17.0 Å². The summed E-state index contributed by atoms with van der Waals surface area (Å²) in [6, 6.07) is 3.64. The fraction of sp³-hybridized carbons (Fsp3) is 0.400. The average Bonchev–Trinajstić information content (AvgIpc) is 2.40. The molecule has 3 nitrogen and oxygen atoms in total. The maximum Gasteiger partial charge on any atom is 0.154 e. The summed E-state index contributed by atoms with van der Waals surface area (Å²) >= 11 is 5.84. The molecule has 0 unspecified atom stereocenters. The van der Waals surface area contributed by atoms with E-state index in [1.807, 2.05) is 17.5 Å². The van der Waals surface area contributed by atoms with E-state index in [4.69, 9.17) is 11.6 Å². The van der Waals surface area contributed by atoms with Crippen molar-refractivity contribution in [3.63, 3.8) is 0 Å². The summed E-state index contributed by atoms with van der Waals surface area (Å²) in [6.07, 6.45) is 0. The molecule has 0 N–H and O–H groups in total. The molecule has 0 aromatic carbocycles. The second-order valence-electron chi connectivity index (χ2n) is 3.66. The van der Waals surface area contributed by atoms with Crippen LogP contribution in [0.25, 0.3) is 5.65 Å². The maximum absolute atomic E-state index is 5.84. The van der Waals surface area contributed by atoms with E-state index in [1.54, 1.807) is 6.07 Å². The van der Waals surface area contributed by atoms with Crippen molar-refractivity contribution < 1.29 is 0 Å². The van der Waals surface area contributed by atoms with Gasteiger partial charge in [0.05, 0.1) is 11.4 Å². The zero-order chi connectivity index (χ0) is 10.3. The van der Waals surface area contributed by atoms with Gasteiger partial charge in [0.15, 0.2) is 5.65 Å². The normalized spacial score (nSPS) is 11.5. The van der Waals surface area contributed by atoms with E-state index < -0.39 is 0 Å². The molecule has 0 spiro atoms. The smallest absolute Gasteiger partial charge is 0.154 e. The van der Waals surface area contributed by atoms with E-state index in [0.29, 0.717) is 11.1 Å². The van der Waals surface area contributed by atoms with Gasteiger partial charge in [-0.1, -0.05) is 25.4 Å². The van der Waals surface area contributed by atoms with Crippen molar-refractivity contribution in [3.05, 3.63) is 28.7 Å². The van der Waals surface area contributed by atoms with Gasteiger partial charge in [-0.2, -0.15) is 5.10 Å². The quantitative estimate of drug-likeness (QED) is 0.723. The second kappa shape index (κ2) is 3.24. The van der Waals surface area contributed by atoms with Crippen molar-refractivity contribution in [1.82, 2.24) is 14.6 Å². The van der Waals surface area contributed by atoms with Gasteiger partial charge < -0.3 is 0 Å². The number of nitrogens with zero attached hydrogens (tertiary/aromatic N) is 3. The number of halogens is 1. The molecule has 4 heteroatoms. The van der Waals surface area contributed by atoms with Crippen LogP contribution in [0.1, 0.15) is 31.2 Å². The van der Waals surface area contributed by atoms with E-state index in [1.165, 1.54) is 0 Å². The van der Waals surface area contributed by atoms with Crippen LogP contribution in [-0.2, 0) is 0 Å². The first-order valence-electron chi connectivity index (χ1n) is 4.61. The summed E-state index contributed by atoms with van der Waals surface area (Å²) in [5.74, 6) is 0.399. The Morgan fingerprint density at radius 1 is 1.36 bits per heavy atom. The molecule has 0 amide bonds. The second-order valence-corrected chi connectivity index (χ2v) is 4.05. The van der Waals surface area contributed by atoms with Crippen molar-refractivity contribution >= 4 is 17.2 Å². The Morgan fingerprint density at radius 2 is 2.07 bits per heavy atom. The van der Waals surface area contributed by atoms with Crippen molar-refractivity contribution in [2.45, 2.75) is 26.7 Å². The lowest BCUT2D eigenvalue weighted by molar-refractivity contribution is 0.752. The predicted molar refractivity (Wildman–Crippen MR) is 56.8 cm³/mol. The van der Waals surface area contributed by atoms with Crippen molar-refractivity contribution in [1.29, 1.82) is 0 Å². The summed E-state index contributed by atoms with van der Waals surface area (Å²) in [5, 5.41) is 4.73. The molecule has 0 radical (unpaired) electrons. The molecular formula is C10H12ClN3. The van der Waals surface area contributed by atoms with Gasteiger partial charge in [-0.3, -0.25) is 0 Å². The number of rotatable bonds is 1. The number of aromatic nitrogens is 3. The van der Waals surface area contributed by atoms with Crippen molar-refractivity contribution in [2.24, 2.45) is 0 Å². The van der Waals surface area contributed by atoms with Gasteiger partial charge in [-0.25, -0.2) is 9.50 Å². The number of fused-ring (bicyclic) bond motifs is 1. The van der Waals surface area contributed by atoms with E-state index in [9.17, 15) is 0 Å². The van der Waals surface area contributed by atoms with E-state index in [-0.39, 0.29) is 0 Å². The van der Waals surface area contributed by atoms with Crippen LogP contribution in [0, 0.1) is 6.92 Å². The van der Waals surface area contributed by atoms with E-state index in [2.05, 4.69) is 23.9 Å². The van der Waals surface area contributed by atoms with Crippen molar-refractivity contribution in [2.75, 3.05) is 0 Å². The fourth-order valence-electron chi connectivity index (χ4n) is 1.70. The van der Waals surface area contributed by atoms with Gasteiger partial charge in [-0.15, -0.1) is 0 Å². The third-order valence-electron chi connectivity index (χ3n) is 2.21. The number of hydrogen-bond donors (Lipinski definition) is 0. The summed E-state index contributed by atoms with van der Waals surface area (Å²) in [5.41, 5.74) is 3.01. The highest BCUT2D eigenvalue weighted by Crippen LogP contribution is 2.20. The molecule has 0 bridgehead atoms. The van der Waals surface area contributed by atoms with Crippen LogP contribution in [0.4, 0.5) is 0 Å². The highest BCUT2D eigenvalue weighted by molar-refractivity contribution is 6.29. The van der Waals surface area contributed by atoms with Gasteiger partial charge in [0, 0.05) is 0 Å². The molecular weight excluding hydrogens is 198 g/mol. The monoisotopic (exact) mass is 209 g/mol. The van der Waals surface area contributed by atoms with Crippen LogP contribution in [0.15, 0.2) is 12.1 Å². The lowest BCUT2D eigenvalue weighted by atomic mass is 10.1. The highest BCUT2D eigenvalue weighted by Gasteiger charge is 2.12. The Labute approximate surface area is 87.7 Å². The first kappa shape index (κ1) is 9.46. The standard InChI is InChI=1S/C10H12ClN3/c1-6(2)10-7(3)12-9-5-4-8(11)13-14(9)10/h4-6H,1-3H3. The molecule has 0 aliphatic heterocycles. The summed E-state index contributed by atoms with van der Waals surface area (Å²) in [6.45, 7) is 6.25. The van der Waals surface area contributed by atoms with Crippen LogP contribution in [0.3, 0.4) is 0 Å². The molecule has 0 fully saturated rings.